The molecule has 0 radical (unpaired) electrons. The molecule has 5 heteroatoms. The van der Waals surface area contributed by atoms with E-state index in [9.17, 15) is 4.79 Å². The lowest BCUT2D eigenvalue weighted by Crippen LogP contribution is -2.41. The van der Waals surface area contributed by atoms with Crippen molar-refractivity contribution in [3.63, 3.8) is 0 Å². The van der Waals surface area contributed by atoms with Crippen molar-refractivity contribution >= 4 is 21.8 Å². The lowest BCUT2D eigenvalue weighted by atomic mass is 10.1. The Hall–Kier alpha value is -0.970. The number of carbonyl (C=O) groups excluding carboxylic acids is 1. The maximum Gasteiger partial charge on any atom is 0.256 e. The summed E-state index contributed by atoms with van der Waals surface area (Å²) in [5.41, 5.74) is 2.33. The van der Waals surface area contributed by atoms with Gasteiger partial charge in [0.05, 0.1) is 17.0 Å². The van der Waals surface area contributed by atoms with Crippen molar-refractivity contribution in [3.05, 3.63) is 23.0 Å². The molecule has 1 aromatic rings. The van der Waals surface area contributed by atoms with E-state index < -0.39 is 0 Å². The molecule has 20 heavy (non-hydrogen) atoms. The van der Waals surface area contributed by atoms with Gasteiger partial charge in [-0.2, -0.15) is 10.2 Å². The molecular formula is C15H22BrN3O. The van der Waals surface area contributed by atoms with Crippen molar-refractivity contribution in [1.29, 1.82) is 0 Å². The van der Waals surface area contributed by atoms with Crippen molar-refractivity contribution in [2.24, 2.45) is 0 Å². The van der Waals surface area contributed by atoms with Crippen molar-refractivity contribution in [2.45, 2.75) is 52.0 Å². The Bertz CT molecular complexity index is 478. The molecule has 0 spiro atoms. The van der Waals surface area contributed by atoms with Crippen LogP contribution < -0.4 is 0 Å². The Balaban J connectivity index is 2.30. The zero-order valence-corrected chi connectivity index (χ0v) is 13.8. The molecule has 0 bridgehead atoms. The van der Waals surface area contributed by atoms with Crippen molar-refractivity contribution in [1.82, 2.24) is 15.1 Å². The molecule has 1 saturated heterocycles. The fraction of sp³-hybridized carbons (Fsp3) is 0.667. The lowest BCUT2D eigenvalue weighted by molar-refractivity contribution is 0.0700. The first-order valence-electron chi connectivity index (χ1n) is 7.37. The largest absolute Gasteiger partial charge is 0.335 e. The van der Waals surface area contributed by atoms with E-state index in [-0.39, 0.29) is 5.91 Å². The van der Waals surface area contributed by atoms with Crippen molar-refractivity contribution in [3.8, 4) is 0 Å². The number of halogens is 1. The number of alkyl halides is 1. The van der Waals surface area contributed by atoms with Gasteiger partial charge in [-0.15, -0.1) is 0 Å². The van der Waals surface area contributed by atoms with Gasteiger partial charge in [-0.3, -0.25) is 4.79 Å². The number of carbonyl (C=O) groups is 1. The highest BCUT2D eigenvalue weighted by molar-refractivity contribution is 9.09. The van der Waals surface area contributed by atoms with E-state index in [2.05, 4.69) is 26.1 Å². The van der Waals surface area contributed by atoms with Crippen molar-refractivity contribution in [2.75, 3.05) is 11.9 Å². The third kappa shape index (κ3) is 3.37. The number of amides is 1. The van der Waals surface area contributed by atoms with Gasteiger partial charge in [0.2, 0.25) is 0 Å². The van der Waals surface area contributed by atoms with Crippen LogP contribution in [0.5, 0.6) is 0 Å². The number of hydrogen-bond donors (Lipinski definition) is 0. The standard InChI is InChI=1S/C15H22BrN3O/c1-3-14-13(9-11(2)17-18-14)15(20)19-8-6-4-5-7-12(19)10-16/h9,12H,3-8,10H2,1-2H3. The summed E-state index contributed by atoms with van der Waals surface area (Å²) < 4.78 is 0. The molecule has 1 fully saturated rings. The van der Waals surface area contributed by atoms with Crippen LogP contribution in [-0.4, -0.2) is 38.9 Å². The summed E-state index contributed by atoms with van der Waals surface area (Å²) in [6, 6.07) is 2.17. The molecule has 1 amide bonds. The first-order valence-corrected chi connectivity index (χ1v) is 8.49. The van der Waals surface area contributed by atoms with Gasteiger partial charge in [-0.05, 0) is 32.3 Å². The van der Waals surface area contributed by atoms with Crippen LogP contribution in [0.15, 0.2) is 6.07 Å². The van der Waals surface area contributed by atoms with Gasteiger partial charge in [0.1, 0.15) is 0 Å². The van der Waals surface area contributed by atoms with Gasteiger partial charge in [-0.1, -0.05) is 35.7 Å². The molecule has 0 saturated carbocycles. The van der Waals surface area contributed by atoms with Gasteiger partial charge >= 0.3 is 0 Å². The average molecular weight is 340 g/mol. The SMILES string of the molecule is CCc1nnc(C)cc1C(=O)N1CCCCCC1CBr. The summed E-state index contributed by atoms with van der Waals surface area (Å²) in [5, 5.41) is 9.09. The van der Waals surface area contributed by atoms with Gasteiger partial charge < -0.3 is 4.90 Å². The number of rotatable bonds is 3. The number of hydrogen-bond acceptors (Lipinski definition) is 3. The average Bonchev–Trinajstić information content (AvgIpc) is 2.71. The molecule has 2 heterocycles. The second-order valence-electron chi connectivity index (χ2n) is 5.36. The predicted octanol–water partition coefficient (Wildman–Crippen LogP) is 3.13. The van der Waals surface area contributed by atoms with Crippen LogP contribution in [0.2, 0.25) is 0 Å². The molecule has 110 valence electrons. The molecule has 4 nitrogen and oxygen atoms in total. The van der Waals surface area contributed by atoms with Gasteiger partial charge in [-0.25, -0.2) is 0 Å². The molecule has 0 aliphatic carbocycles. The van der Waals surface area contributed by atoms with Crippen LogP contribution in [0, 0.1) is 6.92 Å². The van der Waals surface area contributed by atoms with Crippen molar-refractivity contribution < 1.29 is 4.79 Å². The monoisotopic (exact) mass is 339 g/mol. The smallest absolute Gasteiger partial charge is 0.256 e. The van der Waals surface area contributed by atoms with Gasteiger partial charge in [0.15, 0.2) is 0 Å². The summed E-state index contributed by atoms with van der Waals surface area (Å²) >= 11 is 3.56. The highest BCUT2D eigenvalue weighted by atomic mass is 79.9. The highest BCUT2D eigenvalue weighted by Gasteiger charge is 2.27. The normalized spacial score (nSPS) is 19.8. The Kier molecular flexibility index (Phi) is 5.52. The fourth-order valence-corrected chi connectivity index (χ4v) is 3.39. The van der Waals surface area contributed by atoms with E-state index in [1.807, 2.05) is 24.8 Å². The predicted molar refractivity (Wildman–Crippen MR) is 83.2 cm³/mol. The molecule has 1 atom stereocenters. The summed E-state index contributed by atoms with van der Waals surface area (Å²) in [6.45, 7) is 4.74. The summed E-state index contributed by atoms with van der Waals surface area (Å²) in [7, 11) is 0. The minimum Gasteiger partial charge on any atom is -0.335 e. The van der Waals surface area contributed by atoms with Crippen LogP contribution in [0.1, 0.15) is 54.4 Å². The Morgan fingerprint density at radius 2 is 2.20 bits per heavy atom. The molecular weight excluding hydrogens is 318 g/mol. The van der Waals surface area contributed by atoms with Crippen LogP contribution >= 0.6 is 15.9 Å². The molecule has 0 aromatic carbocycles. The van der Waals surface area contributed by atoms with E-state index in [0.717, 1.165) is 48.1 Å². The number of likely N-dealkylation sites (tertiary alicyclic amines) is 1. The first kappa shape index (κ1) is 15.4. The quantitative estimate of drug-likeness (QED) is 0.794. The third-order valence-electron chi connectivity index (χ3n) is 3.87. The van der Waals surface area contributed by atoms with E-state index in [4.69, 9.17) is 0 Å². The van der Waals surface area contributed by atoms with Crippen LogP contribution in [0.4, 0.5) is 0 Å². The third-order valence-corrected chi connectivity index (χ3v) is 4.62. The molecule has 1 aliphatic heterocycles. The van der Waals surface area contributed by atoms with Crippen LogP contribution in [-0.2, 0) is 6.42 Å². The first-order chi connectivity index (χ1) is 9.67. The van der Waals surface area contributed by atoms with Crippen LogP contribution in [0.3, 0.4) is 0 Å². The maximum absolute atomic E-state index is 12.9. The summed E-state index contributed by atoms with van der Waals surface area (Å²) in [5.74, 6) is 0.117. The Morgan fingerprint density at radius 3 is 2.90 bits per heavy atom. The zero-order valence-electron chi connectivity index (χ0n) is 12.2. The summed E-state index contributed by atoms with van der Waals surface area (Å²) in [6.07, 6.45) is 5.32. The second kappa shape index (κ2) is 7.16. The van der Waals surface area contributed by atoms with E-state index >= 15 is 0 Å². The lowest BCUT2D eigenvalue weighted by Gasteiger charge is -2.29. The number of nitrogens with zero attached hydrogens (tertiary/aromatic N) is 3. The highest BCUT2D eigenvalue weighted by Crippen LogP contribution is 2.22. The van der Waals surface area contributed by atoms with Gasteiger partial charge in [0.25, 0.3) is 5.91 Å². The summed E-state index contributed by atoms with van der Waals surface area (Å²) in [4.78, 5) is 14.9. The van der Waals surface area contributed by atoms with E-state index in [0.29, 0.717) is 6.04 Å². The van der Waals surface area contributed by atoms with E-state index in [1.165, 1.54) is 12.8 Å². The second-order valence-corrected chi connectivity index (χ2v) is 6.00. The molecule has 0 N–H and O–H groups in total. The fourth-order valence-electron chi connectivity index (χ4n) is 2.72. The zero-order chi connectivity index (χ0) is 14.5. The van der Waals surface area contributed by atoms with E-state index in [1.54, 1.807) is 0 Å². The molecule has 1 aromatic heterocycles. The Labute approximate surface area is 129 Å². The van der Waals surface area contributed by atoms with Gasteiger partial charge in [0, 0.05) is 17.9 Å². The minimum atomic E-state index is 0.117. The molecule has 2 rings (SSSR count). The number of aromatic nitrogens is 2. The van der Waals surface area contributed by atoms with Crippen LogP contribution in [0.25, 0.3) is 0 Å². The molecule has 1 aliphatic rings. The maximum atomic E-state index is 12.9. The number of aryl methyl sites for hydroxylation is 2. The Morgan fingerprint density at radius 1 is 1.40 bits per heavy atom. The molecule has 1 unspecified atom stereocenters. The topological polar surface area (TPSA) is 46.1 Å². The minimum absolute atomic E-state index is 0.117.